The average molecular weight is 295 g/mol. The summed E-state index contributed by atoms with van der Waals surface area (Å²) < 4.78 is 5.16. The van der Waals surface area contributed by atoms with E-state index in [4.69, 9.17) is 4.74 Å². The van der Waals surface area contributed by atoms with Crippen LogP contribution in [0.1, 0.15) is 28.6 Å². The molecule has 0 aliphatic heterocycles. The van der Waals surface area contributed by atoms with E-state index in [0.29, 0.717) is 27.7 Å². The van der Waals surface area contributed by atoms with E-state index in [1.165, 1.54) is 17.7 Å². The summed E-state index contributed by atoms with van der Waals surface area (Å²) in [5.41, 5.74) is 0.702. The van der Waals surface area contributed by atoms with Crippen LogP contribution in [0, 0.1) is 6.92 Å². The van der Waals surface area contributed by atoms with Crippen molar-refractivity contribution in [1.29, 1.82) is 0 Å². The summed E-state index contributed by atoms with van der Waals surface area (Å²) in [6.07, 6.45) is 2.33. The van der Waals surface area contributed by atoms with Crippen LogP contribution in [0.2, 0.25) is 0 Å². The van der Waals surface area contributed by atoms with Gasteiger partial charge in [0.15, 0.2) is 0 Å². The molecule has 1 atom stereocenters. The van der Waals surface area contributed by atoms with Crippen molar-refractivity contribution in [3.05, 3.63) is 16.8 Å². The lowest BCUT2D eigenvalue weighted by Crippen LogP contribution is -2.24. The molecule has 0 bridgehead atoms. The topological polar surface area (TPSA) is 84.3 Å². The van der Waals surface area contributed by atoms with Crippen LogP contribution in [0.5, 0.6) is 0 Å². The first-order valence-electron chi connectivity index (χ1n) is 6.31. The molecule has 2 aromatic rings. The number of aromatic nitrogens is 2. The molecule has 0 fully saturated rings. The maximum Gasteiger partial charge on any atom is 0.346 e. The highest BCUT2D eigenvalue weighted by atomic mass is 32.1. The van der Waals surface area contributed by atoms with E-state index in [-0.39, 0.29) is 6.04 Å². The van der Waals surface area contributed by atoms with Crippen molar-refractivity contribution >= 4 is 33.3 Å². The third-order valence-corrected chi connectivity index (χ3v) is 4.31. The number of aryl methyl sites for hydroxylation is 1. The van der Waals surface area contributed by atoms with E-state index >= 15 is 0 Å². The average Bonchev–Trinajstić information content (AvgIpc) is 2.77. The smallest absolute Gasteiger partial charge is 0.346 e. The fraction of sp³-hybridized carbons (Fsp3) is 0.462. The summed E-state index contributed by atoms with van der Waals surface area (Å²) in [6.45, 7) is 4.41. The molecule has 0 aromatic carbocycles. The normalized spacial score (nSPS) is 12.6. The predicted octanol–water partition coefficient (Wildman–Crippen LogP) is 2.53. The lowest BCUT2D eigenvalue weighted by Gasteiger charge is -2.17. The van der Waals surface area contributed by atoms with Gasteiger partial charge in [-0.1, -0.05) is 6.92 Å². The molecule has 2 rings (SSSR count). The number of anilines is 1. The van der Waals surface area contributed by atoms with Crippen molar-refractivity contribution in [3.63, 3.8) is 0 Å². The number of nitrogens with zero attached hydrogens (tertiary/aromatic N) is 2. The zero-order chi connectivity index (χ0) is 14.7. The Bertz CT molecular complexity index is 627. The van der Waals surface area contributed by atoms with Crippen molar-refractivity contribution in [1.82, 2.24) is 9.97 Å². The number of fused-ring (bicyclic) bond motifs is 1. The van der Waals surface area contributed by atoms with Crippen LogP contribution in [0.3, 0.4) is 0 Å². The number of thiophene rings is 1. The maximum absolute atomic E-state index is 11.2. The quantitative estimate of drug-likeness (QED) is 0.852. The van der Waals surface area contributed by atoms with Crippen molar-refractivity contribution in [2.24, 2.45) is 0 Å². The third kappa shape index (κ3) is 2.73. The maximum atomic E-state index is 11.2. The van der Waals surface area contributed by atoms with Gasteiger partial charge in [-0.3, -0.25) is 0 Å². The monoisotopic (exact) mass is 295 g/mol. The minimum atomic E-state index is -0.930. The summed E-state index contributed by atoms with van der Waals surface area (Å²) >= 11 is 1.17. The summed E-state index contributed by atoms with van der Waals surface area (Å²) in [5.74, 6) is -0.263. The third-order valence-electron chi connectivity index (χ3n) is 3.12. The van der Waals surface area contributed by atoms with Crippen LogP contribution in [0.15, 0.2) is 6.33 Å². The molecule has 0 saturated heterocycles. The first-order valence-corrected chi connectivity index (χ1v) is 7.13. The second-order valence-electron chi connectivity index (χ2n) is 4.47. The first-order chi connectivity index (χ1) is 9.58. The minimum absolute atomic E-state index is 0.130. The van der Waals surface area contributed by atoms with Gasteiger partial charge in [-0.2, -0.15) is 0 Å². The Kier molecular flexibility index (Phi) is 4.51. The highest BCUT2D eigenvalue weighted by molar-refractivity contribution is 7.20. The summed E-state index contributed by atoms with van der Waals surface area (Å²) in [5, 5.41) is 13.3. The number of aromatic carboxylic acids is 1. The zero-order valence-corrected chi connectivity index (χ0v) is 12.5. The summed E-state index contributed by atoms with van der Waals surface area (Å²) in [4.78, 5) is 20.6. The lowest BCUT2D eigenvalue weighted by molar-refractivity contribution is 0.0701. The Labute approximate surface area is 120 Å². The lowest BCUT2D eigenvalue weighted by atomic mass is 10.2. The van der Waals surface area contributed by atoms with Gasteiger partial charge in [0.2, 0.25) is 0 Å². The number of rotatable bonds is 6. The largest absolute Gasteiger partial charge is 0.477 e. The van der Waals surface area contributed by atoms with E-state index in [1.54, 1.807) is 14.0 Å². The molecule has 2 heterocycles. The molecule has 0 aliphatic rings. The van der Waals surface area contributed by atoms with E-state index in [1.807, 2.05) is 0 Å². The van der Waals surface area contributed by atoms with Gasteiger partial charge in [0.1, 0.15) is 21.9 Å². The number of methoxy groups -OCH3 is 1. The van der Waals surface area contributed by atoms with Gasteiger partial charge in [0.05, 0.1) is 18.0 Å². The molecule has 0 spiro atoms. The number of ether oxygens (including phenoxy) is 1. The van der Waals surface area contributed by atoms with E-state index in [2.05, 4.69) is 22.2 Å². The second kappa shape index (κ2) is 6.15. The Morgan fingerprint density at radius 3 is 2.90 bits per heavy atom. The van der Waals surface area contributed by atoms with Gasteiger partial charge >= 0.3 is 5.97 Å². The zero-order valence-electron chi connectivity index (χ0n) is 11.6. The number of carboxylic acid groups (broad SMARTS) is 1. The summed E-state index contributed by atoms with van der Waals surface area (Å²) in [6, 6.07) is 0.130. The minimum Gasteiger partial charge on any atom is -0.477 e. The fourth-order valence-corrected chi connectivity index (χ4v) is 3.03. The van der Waals surface area contributed by atoms with Crippen LogP contribution < -0.4 is 5.32 Å². The SMILES string of the molecule is CCC(COC)Nc1ncnc2sc(C(=O)O)c(C)c12. The van der Waals surface area contributed by atoms with Gasteiger partial charge in [-0.15, -0.1) is 11.3 Å². The van der Waals surface area contributed by atoms with Gasteiger partial charge in [-0.25, -0.2) is 14.8 Å². The molecule has 2 N–H and O–H groups in total. The van der Waals surface area contributed by atoms with Gasteiger partial charge in [0, 0.05) is 7.11 Å². The van der Waals surface area contributed by atoms with Crippen LogP contribution in [-0.2, 0) is 4.74 Å². The molecule has 1 unspecified atom stereocenters. The fourth-order valence-electron chi connectivity index (χ4n) is 2.04. The molecule has 0 amide bonds. The molecule has 2 aromatic heterocycles. The van der Waals surface area contributed by atoms with E-state index in [9.17, 15) is 9.90 Å². The second-order valence-corrected chi connectivity index (χ2v) is 5.47. The van der Waals surface area contributed by atoms with Crippen molar-refractivity contribution in [3.8, 4) is 0 Å². The number of carbonyl (C=O) groups is 1. The Balaban J connectivity index is 2.45. The first kappa shape index (κ1) is 14.7. The number of hydrogen-bond donors (Lipinski definition) is 2. The van der Waals surface area contributed by atoms with Gasteiger partial charge in [-0.05, 0) is 18.9 Å². The molecule has 0 aliphatic carbocycles. The van der Waals surface area contributed by atoms with Crippen LogP contribution in [0.4, 0.5) is 5.82 Å². The van der Waals surface area contributed by atoms with E-state index in [0.717, 1.165) is 11.8 Å². The number of hydrogen-bond acceptors (Lipinski definition) is 6. The molecular weight excluding hydrogens is 278 g/mol. The molecule has 0 saturated carbocycles. The van der Waals surface area contributed by atoms with Crippen molar-refractivity contribution in [2.75, 3.05) is 19.0 Å². The molecular formula is C13H17N3O3S. The number of nitrogens with one attached hydrogen (secondary N) is 1. The molecule has 6 nitrogen and oxygen atoms in total. The van der Waals surface area contributed by atoms with Crippen molar-refractivity contribution < 1.29 is 14.6 Å². The van der Waals surface area contributed by atoms with E-state index < -0.39 is 5.97 Å². The Morgan fingerprint density at radius 2 is 2.30 bits per heavy atom. The molecule has 108 valence electrons. The van der Waals surface area contributed by atoms with Crippen molar-refractivity contribution in [2.45, 2.75) is 26.3 Å². The predicted molar refractivity (Wildman–Crippen MR) is 78.7 cm³/mol. The Morgan fingerprint density at radius 1 is 1.55 bits per heavy atom. The van der Waals surface area contributed by atoms with Gasteiger partial charge in [0.25, 0.3) is 0 Å². The standard InChI is InChI=1S/C13H17N3O3S/c1-4-8(5-19-3)16-11-9-7(2)10(13(17)18)20-12(9)15-6-14-11/h6,8H,4-5H2,1-3H3,(H,17,18)(H,14,15,16). The molecule has 0 radical (unpaired) electrons. The van der Waals surface area contributed by atoms with Gasteiger partial charge < -0.3 is 15.2 Å². The number of carboxylic acids is 1. The Hall–Kier alpha value is -1.73. The molecule has 20 heavy (non-hydrogen) atoms. The highest BCUT2D eigenvalue weighted by Gasteiger charge is 2.19. The van der Waals surface area contributed by atoms with Crippen LogP contribution in [0.25, 0.3) is 10.2 Å². The highest BCUT2D eigenvalue weighted by Crippen LogP contribution is 2.33. The van der Waals surface area contributed by atoms with Crippen LogP contribution in [-0.4, -0.2) is 40.8 Å². The summed E-state index contributed by atoms with van der Waals surface area (Å²) in [7, 11) is 1.65. The van der Waals surface area contributed by atoms with Crippen LogP contribution >= 0.6 is 11.3 Å². The molecule has 7 heteroatoms.